The highest BCUT2D eigenvalue weighted by Gasteiger charge is 2.22. The molecular weight excluding hydrogens is 378 g/mol. The standard InChI is InChI=1S/C16H18BrN3O2S/c1-10(20(2)9-13-7-8-14(17)23-13)16(22)19-12-5-3-11(4-6-12)15(18)21/h3-8,10H,9H2,1-2H3,(H2,18,21)(H,19,22)/p+1/t10-/m1/s1. The Morgan fingerprint density at radius 2 is 1.91 bits per heavy atom. The van der Waals surface area contributed by atoms with Crippen LogP contribution in [0.3, 0.4) is 0 Å². The van der Waals surface area contributed by atoms with Gasteiger partial charge in [-0.3, -0.25) is 9.59 Å². The maximum atomic E-state index is 12.3. The largest absolute Gasteiger partial charge is 0.366 e. The van der Waals surface area contributed by atoms with Gasteiger partial charge in [0.2, 0.25) is 5.91 Å². The number of thiophene rings is 1. The summed E-state index contributed by atoms with van der Waals surface area (Å²) in [6.45, 7) is 2.68. The summed E-state index contributed by atoms with van der Waals surface area (Å²) in [4.78, 5) is 25.7. The molecule has 5 nitrogen and oxygen atoms in total. The average molecular weight is 397 g/mol. The Balaban J connectivity index is 1.94. The number of amides is 2. The molecule has 0 radical (unpaired) electrons. The SMILES string of the molecule is C[C@H](C(=O)Nc1ccc(C(N)=O)cc1)[NH+](C)Cc1ccc(Br)s1. The van der Waals surface area contributed by atoms with Crippen LogP contribution in [0, 0.1) is 0 Å². The van der Waals surface area contributed by atoms with Gasteiger partial charge in [-0.2, -0.15) is 0 Å². The molecule has 2 amide bonds. The predicted molar refractivity (Wildman–Crippen MR) is 95.7 cm³/mol. The molecule has 0 spiro atoms. The van der Waals surface area contributed by atoms with E-state index in [1.54, 1.807) is 35.6 Å². The molecule has 23 heavy (non-hydrogen) atoms. The number of carbonyl (C=O) groups excluding carboxylic acids is 2. The van der Waals surface area contributed by atoms with E-state index in [1.165, 1.54) is 4.88 Å². The maximum absolute atomic E-state index is 12.3. The fourth-order valence-electron chi connectivity index (χ4n) is 2.07. The maximum Gasteiger partial charge on any atom is 0.282 e. The number of nitrogens with one attached hydrogen (secondary N) is 2. The molecule has 0 aliphatic carbocycles. The molecule has 2 atom stereocenters. The van der Waals surface area contributed by atoms with E-state index >= 15 is 0 Å². The summed E-state index contributed by atoms with van der Waals surface area (Å²) < 4.78 is 1.09. The third-order valence-electron chi connectivity index (χ3n) is 3.65. The number of quaternary nitrogens is 1. The molecule has 0 bridgehead atoms. The van der Waals surface area contributed by atoms with Crippen LogP contribution in [-0.4, -0.2) is 24.9 Å². The van der Waals surface area contributed by atoms with E-state index in [4.69, 9.17) is 5.73 Å². The van der Waals surface area contributed by atoms with Crippen molar-refractivity contribution in [2.24, 2.45) is 5.73 Å². The van der Waals surface area contributed by atoms with Crippen LogP contribution in [-0.2, 0) is 11.3 Å². The molecule has 2 aromatic rings. The number of nitrogens with two attached hydrogens (primary N) is 1. The van der Waals surface area contributed by atoms with Gasteiger partial charge in [0.15, 0.2) is 6.04 Å². The van der Waals surface area contributed by atoms with Crippen LogP contribution in [0.2, 0.25) is 0 Å². The fourth-order valence-corrected chi connectivity index (χ4v) is 3.65. The van der Waals surface area contributed by atoms with Gasteiger partial charge in [0.05, 0.1) is 15.7 Å². The number of rotatable bonds is 6. The minimum Gasteiger partial charge on any atom is -0.366 e. The van der Waals surface area contributed by atoms with Gasteiger partial charge < -0.3 is 16.0 Å². The van der Waals surface area contributed by atoms with Crippen molar-refractivity contribution in [3.8, 4) is 0 Å². The lowest BCUT2D eigenvalue weighted by Gasteiger charge is -2.20. The number of carbonyl (C=O) groups is 2. The van der Waals surface area contributed by atoms with Crippen LogP contribution in [0.25, 0.3) is 0 Å². The van der Waals surface area contributed by atoms with E-state index < -0.39 is 5.91 Å². The quantitative estimate of drug-likeness (QED) is 0.694. The normalized spacial score (nSPS) is 13.3. The van der Waals surface area contributed by atoms with E-state index in [0.717, 1.165) is 15.2 Å². The van der Waals surface area contributed by atoms with Crippen molar-refractivity contribution in [3.63, 3.8) is 0 Å². The van der Waals surface area contributed by atoms with E-state index in [0.29, 0.717) is 11.3 Å². The van der Waals surface area contributed by atoms with Crippen LogP contribution >= 0.6 is 27.3 Å². The van der Waals surface area contributed by atoms with Crippen molar-refractivity contribution in [1.82, 2.24) is 0 Å². The van der Waals surface area contributed by atoms with E-state index in [-0.39, 0.29) is 11.9 Å². The van der Waals surface area contributed by atoms with Crippen LogP contribution in [0.5, 0.6) is 0 Å². The second-order valence-corrected chi connectivity index (χ2v) is 7.93. The highest BCUT2D eigenvalue weighted by Crippen LogP contribution is 2.21. The second kappa shape index (κ2) is 7.72. The Kier molecular flexibility index (Phi) is 5.92. The van der Waals surface area contributed by atoms with E-state index in [9.17, 15) is 9.59 Å². The molecule has 4 N–H and O–H groups in total. The molecule has 1 heterocycles. The van der Waals surface area contributed by atoms with Crippen molar-refractivity contribution < 1.29 is 14.5 Å². The molecule has 1 aromatic heterocycles. The van der Waals surface area contributed by atoms with Crippen LogP contribution < -0.4 is 16.0 Å². The molecule has 0 fully saturated rings. The van der Waals surface area contributed by atoms with Crippen molar-refractivity contribution in [2.45, 2.75) is 19.5 Å². The Bertz CT molecular complexity index is 700. The number of primary amides is 1. The Labute approximate surface area is 147 Å². The van der Waals surface area contributed by atoms with Crippen LogP contribution in [0.1, 0.15) is 22.2 Å². The molecule has 0 aliphatic heterocycles. The van der Waals surface area contributed by atoms with Crippen molar-refractivity contribution in [2.75, 3.05) is 12.4 Å². The molecular formula is C16H19BrN3O2S+. The number of hydrogen-bond donors (Lipinski definition) is 3. The first kappa shape index (κ1) is 17.7. The molecule has 0 saturated carbocycles. The monoisotopic (exact) mass is 396 g/mol. The molecule has 0 saturated heterocycles. The zero-order valence-corrected chi connectivity index (χ0v) is 15.3. The number of hydrogen-bond acceptors (Lipinski definition) is 3. The number of anilines is 1. The lowest BCUT2D eigenvalue weighted by Crippen LogP contribution is -3.12. The Morgan fingerprint density at radius 3 is 2.43 bits per heavy atom. The summed E-state index contributed by atoms with van der Waals surface area (Å²) in [6, 6.07) is 10.4. The summed E-state index contributed by atoms with van der Waals surface area (Å²) in [5.41, 5.74) is 6.27. The smallest absolute Gasteiger partial charge is 0.282 e. The van der Waals surface area contributed by atoms with E-state index in [1.807, 2.05) is 20.0 Å². The Morgan fingerprint density at radius 1 is 1.26 bits per heavy atom. The fraction of sp³-hybridized carbons (Fsp3) is 0.250. The molecule has 1 unspecified atom stereocenters. The third kappa shape index (κ3) is 4.89. The van der Waals surface area contributed by atoms with Gasteiger partial charge in [0.1, 0.15) is 6.54 Å². The highest BCUT2D eigenvalue weighted by atomic mass is 79.9. The lowest BCUT2D eigenvalue weighted by atomic mass is 10.2. The van der Waals surface area contributed by atoms with E-state index in [2.05, 4.69) is 27.3 Å². The lowest BCUT2D eigenvalue weighted by molar-refractivity contribution is -0.907. The first-order valence-corrected chi connectivity index (χ1v) is 8.75. The van der Waals surface area contributed by atoms with Gasteiger partial charge in [-0.05, 0) is 59.3 Å². The summed E-state index contributed by atoms with van der Waals surface area (Å²) in [5.74, 6) is -0.549. The van der Waals surface area contributed by atoms with Gasteiger partial charge in [0.25, 0.3) is 5.91 Å². The molecule has 122 valence electrons. The zero-order valence-electron chi connectivity index (χ0n) is 12.9. The first-order valence-electron chi connectivity index (χ1n) is 7.14. The average Bonchev–Trinajstić information content (AvgIpc) is 2.92. The minimum atomic E-state index is -0.484. The van der Waals surface area contributed by atoms with Gasteiger partial charge in [0, 0.05) is 11.3 Å². The van der Waals surface area contributed by atoms with Crippen LogP contribution in [0.4, 0.5) is 5.69 Å². The van der Waals surface area contributed by atoms with Crippen LogP contribution in [0.15, 0.2) is 40.2 Å². The third-order valence-corrected chi connectivity index (χ3v) is 5.28. The number of benzene rings is 1. The van der Waals surface area contributed by atoms with Gasteiger partial charge >= 0.3 is 0 Å². The minimum absolute atomic E-state index is 0.0649. The summed E-state index contributed by atoms with van der Waals surface area (Å²) in [7, 11) is 1.99. The van der Waals surface area contributed by atoms with Gasteiger partial charge in [-0.1, -0.05) is 0 Å². The summed E-state index contributed by atoms with van der Waals surface area (Å²) in [6.07, 6.45) is 0. The highest BCUT2D eigenvalue weighted by molar-refractivity contribution is 9.11. The second-order valence-electron chi connectivity index (χ2n) is 5.38. The Hall–Kier alpha value is -1.70. The summed E-state index contributed by atoms with van der Waals surface area (Å²) in [5, 5.41) is 2.86. The molecule has 1 aromatic carbocycles. The van der Waals surface area contributed by atoms with Crippen molar-refractivity contribution in [3.05, 3.63) is 50.6 Å². The topological polar surface area (TPSA) is 76.6 Å². The van der Waals surface area contributed by atoms with Crippen molar-refractivity contribution >= 4 is 44.8 Å². The van der Waals surface area contributed by atoms with Gasteiger partial charge in [-0.15, -0.1) is 11.3 Å². The molecule has 0 aliphatic rings. The van der Waals surface area contributed by atoms with Crippen molar-refractivity contribution in [1.29, 1.82) is 0 Å². The molecule has 7 heteroatoms. The molecule has 2 rings (SSSR count). The first-order chi connectivity index (χ1) is 10.9. The number of likely N-dealkylation sites (N-methyl/N-ethyl adjacent to an activating group) is 1. The predicted octanol–water partition coefficient (Wildman–Crippen LogP) is 1.65. The van der Waals surface area contributed by atoms with Gasteiger partial charge in [-0.25, -0.2) is 0 Å². The zero-order chi connectivity index (χ0) is 17.0. The summed E-state index contributed by atoms with van der Waals surface area (Å²) >= 11 is 5.12. The number of halogens is 1.